The molecule has 2 aliphatic rings. The van der Waals surface area contributed by atoms with Crippen molar-refractivity contribution in [2.75, 3.05) is 13.1 Å². The Kier molecular flexibility index (Phi) is 5.38. The van der Waals surface area contributed by atoms with Crippen LogP contribution in [0.5, 0.6) is 0 Å². The van der Waals surface area contributed by atoms with Crippen molar-refractivity contribution in [2.45, 2.75) is 26.9 Å². The highest BCUT2D eigenvalue weighted by molar-refractivity contribution is 6.27. The lowest BCUT2D eigenvalue weighted by atomic mass is 9.90. The van der Waals surface area contributed by atoms with Crippen LogP contribution in [0.15, 0.2) is 59.9 Å². The highest BCUT2D eigenvalue weighted by Gasteiger charge is 2.46. The largest absolute Gasteiger partial charge is 0.346 e. The number of hydrogen-bond donors (Lipinski definition) is 0. The first-order valence-corrected chi connectivity index (χ1v) is 10.4. The normalized spacial score (nSPS) is 17.7. The summed E-state index contributed by atoms with van der Waals surface area (Å²) in [6.07, 6.45) is -0.369. The number of benzene rings is 2. The Morgan fingerprint density at radius 2 is 1.50 bits per heavy atom. The molecule has 0 amide bonds. The summed E-state index contributed by atoms with van der Waals surface area (Å²) in [6.45, 7) is 6.37. The molecule has 0 fully saturated rings. The molecule has 32 heavy (non-hydrogen) atoms. The van der Waals surface area contributed by atoms with E-state index in [0.717, 1.165) is 0 Å². The van der Waals surface area contributed by atoms with Crippen LogP contribution in [0.1, 0.15) is 51.8 Å². The molecule has 1 aliphatic heterocycles. The van der Waals surface area contributed by atoms with E-state index in [9.17, 15) is 24.5 Å². The monoisotopic (exact) mass is 433 g/mol. The summed E-state index contributed by atoms with van der Waals surface area (Å²) in [7, 11) is 0. The van der Waals surface area contributed by atoms with Crippen molar-refractivity contribution in [3.05, 3.63) is 86.7 Å². The molecule has 0 saturated heterocycles. The Balaban J connectivity index is 1.72. The van der Waals surface area contributed by atoms with Gasteiger partial charge in [-0.3, -0.25) is 24.5 Å². The smallest absolute Gasteiger partial charge is 0.269 e. The maximum atomic E-state index is 13.4. The Morgan fingerprint density at radius 3 is 2.00 bits per heavy atom. The van der Waals surface area contributed by atoms with Crippen LogP contribution in [-0.2, 0) is 0 Å². The van der Waals surface area contributed by atoms with E-state index >= 15 is 0 Å². The molecule has 2 aromatic carbocycles. The fourth-order valence-corrected chi connectivity index (χ4v) is 4.29. The Hall–Kier alpha value is -3.81. The zero-order valence-electron chi connectivity index (χ0n) is 18.1. The van der Waals surface area contributed by atoms with E-state index in [2.05, 4.69) is 0 Å². The predicted octanol–water partition coefficient (Wildman–Crippen LogP) is 3.69. The molecular formula is C24H23N3O5. The van der Waals surface area contributed by atoms with Crippen LogP contribution >= 0.6 is 0 Å². The third-order valence-electron chi connectivity index (χ3n) is 5.82. The van der Waals surface area contributed by atoms with Gasteiger partial charge < -0.3 is 9.80 Å². The molecule has 1 atom stereocenters. The van der Waals surface area contributed by atoms with Gasteiger partial charge in [-0.2, -0.15) is 0 Å². The number of fused-ring (bicyclic) bond motifs is 1. The highest BCUT2D eigenvalue weighted by atomic mass is 16.6. The van der Waals surface area contributed by atoms with Crippen molar-refractivity contribution < 1.29 is 19.3 Å². The molecule has 0 saturated carbocycles. The minimum atomic E-state index is -0.526. The van der Waals surface area contributed by atoms with E-state index in [0.29, 0.717) is 28.9 Å². The second-order valence-corrected chi connectivity index (χ2v) is 8.43. The van der Waals surface area contributed by atoms with Gasteiger partial charge in [-0.25, -0.2) is 0 Å². The average Bonchev–Trinajstić information content (AvgIpc) is 3.03. The first kappa shape index (κ1) is 21.4. The van der Waals surface area contributed by atoms with Gasteiger partial charge in [0.05, 0.1) is 17.6 Å². The van der Waals surface area contributed by atoms with Crippen LogP contribution in [0.2, 0.25) is 0 Å². The molecule has 0 bridgehead atoms. The molecule has 1 heterocycles. The molecule has 1 aliphatic carbocycles. The zero-order chi connectivity index (χ0) is 23.2. The van der Waals surface area contributed by atoms with Crippen molar-refractivity contribution in [1.82, 2.24) is 9.80 Å². The van der Waals surface area contributed by atoms with Gasteiger partial charge in [0, 0.05) is 35.4 Å². The van der Waals surface area contributed by atoms with Gasteiger partial charge in [-0.15, -0.1) is 0 Å². The molecule has 4 rings (SSSR count). The van der Waals surface area contributed by atoms with Gasteiger partial charge in [0.25, 0.3) is 5.69 Å². The fourth-order valence-electron chi connectivity index (χ4n) is 4.29. The van der Waals surface area contributed by atoms with Crippen LogP contribution in [0, 0.1) is 16.0 Å². The number of nitrogens with zero attached hydrogens (tertiary/aromatic N) is 3. The first-order chi connectivity index (χ1) is 15.2. The van der Waals surface area contributed by atoms with E-state index in [1.54, 1.807) is 29.2 Å². The lowest BCUT2D eigenvalue weighted by Gasteiger charge is -2.32. The molecule has 0 aromatic heterocycles. The number of carbonyl (C=O) groups is 3. The summed E-state index contributed by atoms with van der Waals surface area (Å²) in [5.74, 6) is -0.543. The van der Waals surface area contributed by atoms with Crippen LogP contribution in [0.25, 0.3) is 0 Å². The van der Waals surface area contributed by atoms with Gasteiger partial charge in [0.15, 0.2) is 5.78 Å². The van der Waals surface area contributed by atoms with Crippen LogP contribution in [0.3, 0.4) is 0 Å². The van der Waals surface area contributed by atoms with Crippen molar-refractivity contribution in [3.8, 4) is 0 Å². The van der Waals surface area contributed by atoms with Crippen molar-refractivity contribution in [2.24, 2.45) is 5.92 Å². The number of allylic oxidation sites excluding steroid dienone is 2. The van der Waals surface area contributed by atoms with Crippen LogP contribution in [0.4, 0.5) is 5.69 Å². The first-order valence-electron chi connectivity index (χ1n) is 10.4. The summed E-state index contributed by atoms with van der Waals surface area (Å²) < 4.78 is 0. The number of Topliss-reactive ketones (excluding diaryl/α,β-unsaturated/α-hetero) is 3. The minimum Gasteiger partial charge on any atom is -0.346 e. The quantitative estimate of drug-likeness (QED) is 0.389. The predicted molar refractivity (Wildman–Crippen MR) is 117 cm³/mol. The Labute approximate surface area is 185 Å². The van der Waals surface area contributed by atoms with Gasteiger partial charge in [-0.1, -0.05) is 38.1 Å². The molecule has 0 N–H and O–H groups in total. The Morgan fingerprint density at radius 1 is 0.969 bits per heavy atom. The van der Waals surface area contributed by atoms with E-state index in [1.807, 2.05) is 25.7 Å². The molecule has 1 unspecified atom stereocenters. The number of hydrogen-bond acceptors (Lipinski definition) is 7. The minimum absolute atomic E-state index is 0.103. The summed E-state index contributed by atoms with van der Waals surface area (Å²) in [6, 6.07) is 12.1. The number of nitro benzene ring substituents is 1. The standard InChI is InChI=1S/C24H23N3O5/c1-14(2)12-25-15(3)26(13-20(28)16-8-10-17(11-9-16)27(31)32)22-21(25)23(29)18-6-4-5-7-19(18)24(22)30/h4-11,14-15H,12-13H2,1-3H3. The average molecular weight is 433 g/mol. The molecular weight excluding hydrogens is 410 g/mol. The van der Waals surface area contributed by atoms with Gasteiger partial charge in [0.2, 0.25) is 11.6 Å². The van der Waals surface area contributed by atoms with Gasteiger partial charge in [-0.05, 0) is 25.0 Å². The second-order valence-electron chi connectivity index (χ2n) is 8.43. The van der Waals surface area contributed by atoms with Crippen LogP contribution in [-0.4, -0.2) is 51.3 Å². The second kappa shape index (κ2) is 8.03. The van der Waals surface area contributed by atoms with Crippen molar-refractivity contribution in [1.29, 1.82) is 0 Å². The lowest BCUT2D eigenvalue weighted by molar-refractivity contribution is -0.384. The topological polar surface area (TPSA) is 101 Å². The van der Waals surface area contributed by atoms with E-state index < -0.39 is 4.92 Å². The summed E-state index contributed by atoms with van der Waals surface area (Å²) in [5.41, 5.74) is 1.50. The third kappa shape index (κ3) is 3.47. The van der Waals surface area contributed by atoms with E-state index in [1.165, 1.54) is 24.3 Å². The number of rotatable bonds is 6. The lowest BCUT2D eigenvalue weighted by Crippen LogP contribution is -2.42. The SMILES string of the molecule is CC(C)CN1C2=C(C(=O)c3ccccc3C2=O)N(CC(=O)c2ccc([N+](=O)[O-])cc2)C1C. The van der Waals surface area contributed by atoms with Crippen molar-refractivity contribution >= 4 is 23.0 Å². The van der Waals surface area contributed by atoms with Crippen molar-refractivity contribution in [3.63, 3.8) is 0 Å². The molecule has 8 nitrogen and oxygen atoms in total. The number of carbonyl (C=O) groups excluding carboxylic acids is 3. The summed E-state index contributed by atoms with van der Waals surface area (Å²) in [4.78, 5) is 53.7. The van der Waals surface area contributed by atoms with Gasteiger partial charge >= 0.3 is 0 Å². The molecule has 0 spiro atoms. The van der Waals surface area contributed by atoms with E-state index in [-0.39, 0.29) is 47.4 Å². The number of non-ortho nitro benzene ring substituents is 1. The maximum Gasteiger partial charge on any atom is 0.269 e. The maximum absolute atomic E-state index is 13.4. The van der Waals surface area contributed by atoms with Crippen LogP contribution < -0.4 is 0 Å². The molecule has 2 aromatic rings. The molecule has 0 radical (unpaired) electrons. The zero-order valence-corrected chi connectivity index (χ0v) is 18.1. The fraction of sp³-hybridized carbons (Fsp3) is 0.292. The Bertz CT molecular complexity index is 1170. The number of ketones is 3. The number of nitro groups is 1. The highest BCUT2D eigenvalue weighted by Crippen LogP contribution is 2.38. The van der Waals surface area contributed by atoms with E-state index in [4.69, 9.17) is 0 Å². The summed E-state index contributed by atoms with van der Waals surface area (Å²) in [5, 5.41) is 10.9. The van der Waals surface area contributed by atoms with Gasteiger partial charge in [0.1, 0.15) is 11.4 Å². The summed E-state index contributed by atoms with van der Waals surface area (Å²) >= 11 is 0. The molecule has 8 heteroatoms. The third-order valence-corrected chi connectivity index (χ3v) is 5.82. The molecule has 164 valence electrons.